The Labute approximate surface area is 66.3 Å². The molecule has 5 heteroatoms. The summed E-state index contributed by atoms with van der Waals surface area (Å²) in [5.74, 6) is 0. The molecule has 0 unspecified atom stereocenters. The number of aliphatic hydroxyl groups excluding tert-OH is 1. The molecule has 0 fully saturated rings. The lowest BCUT2D eigenvalue weighted by molar-refractivity contribution is 0.189. The molecule has 0 aromatic carbocycles. The average Bonchev–Trinajstić information content (AvgIpc) is 2.12. The topological polar surface area (TPSA) is 74.6 Å². The van der Waals surface area contributed by atoms with E-state index in [1.165, 1.54) is 0 Å². The predicted molar refractivity (Wildman–Crippen MR) is 41.9 cm³/mol. The van der Waals surface area contributed by atoms with Crippen LogP contribution in [0.25, 0.3) is 0 Å². The van der Waals surface area contributed by atoms with Crippen LogP contribution in [0.1, 0.15) is 12.8 Å². The van der Waals surface area contributed by atoms with Crippen LogP contribution in [0.2, 0.25) is 0 Å². The second kappa shape index (κ2) is 4.48. The standard InChI is InChI=1S/C5H8O.CH4O3S/c6-5-3-1-2-4-5;1-5(2,3)4/h1-2,5-6H,3-4H2;1H3,(H,2,3,4). The van der Waals surface area contributed by atoms with Crippen LogP contribution in [0, 0.1) is 0 Å². The Morgan fingerprint density at radius 3 is 1.73 bits per heavy atom. The van der Waals surface area contributed by atoms with Crippen LogP contribution in [-0.4, -0.2) is 30.4 Å². The molecule has 0 radical (unpaired) electrons. The monoisotopic (exact) mass is 180 g/mol. The fourth-order valence-electron chi connectivity index (χ4n) is 0.603. The Balaban J connectivity index is 0.000000187. The summed E-state index contributed by atoms with van der Waals surface area (Å²) in [6.07, 6.45) is 6.38. The quantitative estimate of drug-likeness (QED) is 0.412. The fraction of sp³-hybridized carbons (Fsp3) is 0.667. The van der Waals surface area contributed by atoms with E-state index in [0.717, 1.165) is 12.8 Å². The van der Waals surface area contributed by atoms with Crippen LogP contribution < -0.4 is 0 Å². The summed E-state index contributed by atoms with van der Waals surface area (Å²) in [6, 6.07) is 0. The van der Waals surface area contributed by atoms with E-state index < -0.39 is 10.1 Å². The number of hydrogen-bond acceptors (Lipinski definition) is 3. The van der Waals surface area contributed by atoms with Crippen molar-refractivity contribution in [1.82, 2.24) is 0 Å². The third-order valence-corrected chi connectivity index (χ3v) is 0.983. The molecule has 11 heavy (non-hydrogen) atoms. The van der Waals surface area contributed by atoms with Crippen LogP contribution in [0.3, 0.4) is 0 Å². The van der Waals surface area contributed by atoms with Gasteiger partial charge in [-0.15, -0.1) is 0 Å². The summed E-state index contributed by atoms with van der Waals surface area (Å²) in [5, 5.41) is 8.67. The van der Waals surface area contributed by atoms with Crippen molar-refractivity contribution < 1.29 is 18.1 Å². The number of rotatable bonds is 0. The van der Waals surface area contributed by atoms with Crippen LogP contribution >= 0.6 is 0 Å². The van der Waals surface area contributed by atoms with E-state index in [2.05, 4.69) is 0 Å². The largest absolute Gasteiger partial charge is 0.392 e. The molecule has 0 aromatic heterocycles. The Bertz CT molecular complexity index is 201. The van der Waals surface area contributed by atoms with Crippen molar-refractivity contribution in [1.29, 1.82) is 0 Å². The van der Waals surface area contributed by atoms with Gasteiger partial charge >= 0.3 is 0 Å². The highest BCUT2D eigenvalue weighted by Gasteiger charge is 2.02. The van der Waals surface area contributed by atoms with E-state index in [4.69, 9.17) is 9.66 Å². The van der Waals surface area contributed by atoms with Crippen LogP contribution in [0.5, 0.6) is 0 Å². The minimum atomic E-state index is -3.67. The minimum absolute atomic E-state index is 0.0648. The van der Waals surface area contributed by atoms with E-state index in [0.29, 0.717) is 6.26 Å². The Morgan fingerprint density at radius 2 is 1.64 bits per heavy atom. The van der Waals surface area contributed by atoms with E-state index in [1.807, 2.05) is 12.2 Å². The third kappa shape index (κ3) is 12.7. The number of aliphatic hydroxyl groups is 1. The van der Waals surface area contributed by atoms with Crippen LogP contribution in [0.4, 0.5) is 0 Å². The Morgan fingerprint density at radius 1 is 1.36 bits per heavy atom. The maximum atomic E-state index is 9.19. The zero-order valence-corrected chi connectivity index (χ0v) is 7.08. The van der Waals surface area contributed by atoms with Crippen molar-refractivity contribution in [2.75, 3.05) is 6.26 Å². The van der Waals surface area contributed by atoms with Gasteiger partial charge in [0.1, 0.15) is 0 Å². The maximum Gasteiger partial charge on any atom is 0.261 e. The van der Waals surface area contributed by atoms with Crippen molar-refractivity contribution in [3.8, 4) is 0 Å². The van der Waals surface area contributed by atoms with Gasteiger partial charge < -0.3 is 5.11 Å². The van der Waals surface area contributed by atoms with Gasteiger partial charge in [0, 0.05) is 0 Å². The van der Waals surface area contributed by atoms with Gasteiger partial charge in [0.05, 0.1) is 12.4 Å². The summed E-state index contributed by atoms with van der Waals surface area (Å²) in [4.78, 5) is 0. The van der Waals surface area contributed by atoms with Gasteiger partial charge in [0.2, 0.25) is 0 Å². The lowest BCUT2D eigenvalue weighted by Crippen LogP contribution is -1.95. The molecule has 1 aliphatic carbocycles. The first-order chi connectivity index (χ1) is 4.89. The highest BCUT2D eigenvalue weighted by Crippen LogP contribution is 2.07. The third-order valence-electron chi connectivity index (χ3n) is 0.983. The van der Waals surface area contributed by atoms with E-state index in [-0.39, 0.29) is 6.10 Å². The normalized spacial score (nSPS) is 17.7. The first-order valence-electron chi connectivity index (χ1n) is 3.15. The lowest BCUT2D eigenvalue weighted by atomic mass is 10.3. The van der Waals surface area contributed by atoms with Gasteiger partial charge in [-0.2, -0.15) is 8.42 Å². The molecule has 4 nitrogen and oxygen atoms in total. The van der Waals surface area contributed by atoms with E-state index >= 15 is 0 Å². The van der Waals surface area contributed by atoms with Crippen molar-refractivity contribution in [3.05, 3.63) is 12.2 Å². The molecule has 0 saturated heterocycles. The summed E-state index contributed by atoms with van der Waals surface area (Å²) in [6.45, 7) is 0. The second-order valence-corrected chi connectivity index (χ2v) is 3.80. The number of hydrogen-bond donors (Lipinski definition) is 2. The molecule has 0 aromatic rings. The molecular weight excluding hydrogens is 168 g/mol. The summed E-state index contributed by atoms with van der Waals surface area (Å²) < 4.78 is 25.9. The maximum absolute atomic E-state index is 9.19. The minimum Gasteiger partial charge on any atom is -0.392 e. The van der Waals surface area contributed by atoms with E-state index in [9.17, 15) is 8.42 Å². The summed E-state index contributed by atoms with van der Waals surface area (Å²) in [7, 11) is -3.67. The Kier molecular flexibility index (Phi) is 4.32. The fourth-order valence-corrected chi connectivity index (χ4v) is 0.603. The zero-order valence-electron chi connectivity index (χ0n) is 6.27. The van der Waals surface area contributed by atoms with Gasteiger partial charge in [-0.3, -0.25) is 4.55 Å². The molecule has 0 atom stereocenters. The molecule has 66 valence electrons. The second-order valence-electron chi connectivity index (χ2n) is 2.33. The first kappa shape index (κ1) is 10.6. The molecule has 0 heterocycles. The average molecular weight is 180 g/mol. The van der Waals surface area contributed by atoms with Gasteiger partial charge in [0.25, 0.3) is 10.1 Å². The highest BCUT2D eigenvalue weighted by molar-refractivity contribution is 7.85. The van der Waals surface area contributed by atoms with Crippen LogP contribution in [-0.2, 0) is 10.1 Å². The van der Waals surface area contributed by atoms with Gasteiger partial charge in [0.15, 0.2) is 0 Å². The highest BCUT2D eigenvalue weighted by atomic mass is 32.2. The van der Waals surface area contributed by atoms with E-state index in [1.54, 1.807) is 0 Å². The van der Waals surface area contributed by atoms with Crippen molar-refractivity contribution in [2.45, 2.75) is 18.9 Å². The molecule has 0 bridgehead atoms. The van der Waals surface area contributed by atoms with Gasteiger partial charge in [-0.1, -0.05) is 12.2 Å². The summed E-state index contributed by atoms with van der Waals surface area (Å²) in [5.41, 5.74) is 0. The van der Waals surface area contributed by atoms with Gasteiger partial charge in [-0.05, 0) is 12.8 Å². The van der Waals surface area contributed by atoms with Crippen molar-refractivity contribution in [2.24, 2.45) is 0 Å². The van der Waals surface area contributed by atoms with Crippen LogP contribution in [0.15, 0.2) is 12.2 Å². The zero-order chi connectivity index (χ0) is 8.91. The SMILES string of the molecule is CS(=O)(=O)O.OC1CC=CC1. The summed E-state index contributed by atoms with van der Waals surface area (Å²) >= 11 is 0. The molecule has 0 amide bonds. The molecule has 0 saturated carbocycles. The lowest BCUT2D eigenvalue weighted by Gasteiger charge is -1.92. The predicted octanol–water partition coefficient (Wildman–Crippen LogP) is 0.201. The van der Waals surface area contributed by atoms with Crippen molar-refractivity contribution >= 4 is 10.1 Å². The first-order valence-corrected chi connectivity index (χ1v) is 5.00. The van der Waals surface area contributed by atoms with Gasteiger partial charge in [-0.25, -0.2) is 0 Å². The molecular formula is C6H12O4S. The molecule has 1 aliphatic rings. The van der Waals surface area contributed by atoms with Crippen molar-refractivity contribution in [3.63, 3.8) is 0 Å². The Hall–Kier alpha value is -0.390. The molecule has 0 aliphatic heterocycles. The smallest absolute Gasteiger partial charge is 0.261 e. The molecule has 0 spiro atoms. The molecule has 2 N–H and O–H groups in total. The molecule has 1 rings (SSSR count).